The van der Waals surface area contributed by atoms with Gasteiger partial charge in [-0.25, -0.2) is 5.43 Å². The van der Waals surface area contributed by atoms with Gasteiger partial charge in [0.05, 0.1) is 5.92 Å². The standard InChI is InChI=1S/C14H18N2O3/c1-3-10(8(2)14(18)19)11-6-4-5-9-7-15-16-13(17)12(9)11/h4-6,8,10,15H,3,7H2,1-2H3,(H,16,17)(H,18,19). The summed E-state index contributed by atoms with van der Waals surface area (Å²) in [6.45, 7) is 4.20. The largest absolute Gasteiger partial charge is 0.481 e. The van der Waals surface area contributed by atoms with Crippen LogP contribution in [0.4, 0.5) is 0 Å². The van der Waals surface area contributed by atoms with E-state index in [0.717, 1.165) is 11.1 Å². The van der Waals surface area contributed by atoms with Crippen LogP contribution in [0.2, 0.25) is 0 Å². The molecule has 2 atom stereocenters. The summed E-state index contributed by atoms with van der Waals surface area (Å²) in [5.41, 5.74) is 7.77. The van der Waals surface area contributed by atoms with E-state index in [1.165, 1.54) is 0 Å². The van der Waals surface area contributed by atoms with Crippen molar-refractivity contribution in [2.45, 2.75) is 32.7 Å². The number of amides is 1. The molecule has 3 N–H and O–H groups in total. The van der Waals surface area contributed by atoms with Gasteiger partial charge in [0.1, 0.15) is 0 Å². The Kier molecular flexibility index (Phi) is 3.85. The van der Waals surface area contributed by atoms with Crippen LogP contribution in [0.25, 0.3) is 0 Å². The first kappa shape index (κ1) is 13.5. The van der Waals surface area contributed by atoms with Crippen LogP contribution in [0.3, 0.4) is 0 Å². The van der Waals surface area contributed by atoms with Gasteiger partial charge in [0.2, 0.25) is 0 Å². The van der Waals surface area contributed by atoms with Crippen LogP contribution in [0, 0.1) is 5.92 Å². The highest BCUT2D eigenvalue weighted by Crippen LogP contribution is 2.32. The normalized spacial score (nSPS) is 17.3. The molecule has 0 saturated carbocycles. The lowest BCUT2D eigenvalue weighted by molar-refractivity contribution is -0.141. The maximum Gasteiger partial charge on any atom is 0.306 e. The van der Waals surface area contributed by atoms with Gasteiger partial charge in [0.25, 0.3) is 5.91 Å². The van der Waals surface area contributed by atoms with E-state index in [4.69, 9.17) is 0 Å². The Labute approximate surface area is 112 Å². The van der Waals surface area contributed by atoms with Crippen molar-refractivity contribution in [2.75, 3.05) is 0 Å². The number of hydrogen-bond donors (Lipinski definition) is 3. The third-order valence-electron chi connectivity index (χ3n) is 3.72. The van der Waals surface area contributed by atoms with Crippen LogP contribution in [-0.2, 0) is 11.3 Å². The van der Waals surface area contributed by atoms with Gasteiger partial charge in [-0.05, 0) is 23.5 Å². The lowest BCUT2D eigenvalue weighted by Crippen LogP contribution is -2.43. The maximum atomic E-state index is 12.0. The molecule has 0 aromatic heterocycles. The van der Waals surface area contributed by atoms with Crippen LogP contribution in [-0.4, -0.2) is 17.0 Å². The van der Waals surface area contributed by atoms with Gasteiger partial charge in [-0.3, -0.25) is 15.0 Å². The molecule has 1 heterocycles. The molecule has 1 aromatic carbocycles. The van der Waals surface area contributed by atoms with Gasteiger partial charge in [-0.15, -0.1) is 0 Å². The monoisotopic (exact) mass is 262 g/mol. The summed E-state index contributed by atoms with van der Waals surface area (Å²) in [6.07, 6.45) is 0.685. The van der Waals surface area contributed by atoms with Gasteiger partial charge in [0, 0.05) is 12.1 Å². The highest BCUT2D eigenvalue weighted by molar-refractivity contribution is 5.98. The highest BCUT2D eigenvalue weighted by Gasteiger charge is 2.29. The minimum absolute atomic E-state index is 0.156. The zero-order valence-electron chi connectivity index (χ0n) is 11.1. The second-order valence-corrected chi connectivity index (χ2v) is 4.83. The van der Waals surface area contributed by atoms with Crippen LogP contribution >= 0.6 is 0 Å². The molecule has 0 saturated heterocycles. The number of aliphatic carboxylic acids is 1. The van der Waals surface area contributed by atoms with Gasteiger partial charge < -0.3 is 5.11 Å². The van der Waals surface area contributed by atoms with E-state index in [1.54, 1.807) is 6.92 Å². The number of nitrogens with one attached hydrogen (secondary N) is 2. The average molecular weight is 262 g/mol. The molecule has 0 fully saturated rings. The van der Waals surface area contributed by atoms with Crippen molar-refractivity contribution in [1.29, 1.82) is 0 Å². The van der Waals surface area contributed by atoms with Crippen LogP contribution in [0.15, 0.2) is 18.2 Å². The van der Waals surface area contributed by atoms with E-state index < -0.39 is 11.9 Å². The summed E-state index contributed by atoms with van der Waals surface area (Å²) in [7, 11) is 0. The van der Waals surface area contributed by atoms with Gasteiger partial charge in [-0.1, -0.05) is 32.0 Å². The molecule has 0 radical (unpaired) electrons. The minimum Gasteiger partial charge on any atom is -0.481 e. The summed E-state index contributed by atoms with van der Waals surface area (Å²) in [5, 5.41) is 9.20. The first-order chi connectivity index (χ1) is 9.06. The van der Waals surface area contributed by atoms with Crippen molar-refractivity contribution in [2.24, 2.45) is 5.92 Å². The van der Waals surface area contributed by atoms with Crippen molar-refractivity contribution in [1.82, 2.24) is 10.9 Å². The topological polar surface area (TPSA) is 78.4 Å². The Balaban J connectivity index is 2.49. The molecule has 5 nitrogen and oxygen atoms in total. The quantitative estimate of drug-likeness (QED) is 0.771. The molecular weight excluding hydrogens is 244 g/mol. The molecule has 1 aromatic rings. The molecule has 1 aliphatic rings. The number of benzene rings is 1. The average Bonchev–Trinajstić information content (AvgIpc) is 2.39. The van der Waals surface area contributed by atoms with Crippen LogP contribution < -0.4 is 10.9 Å². The molecule has 0 spiro atoms. The Bertz CT molecular complexity index is 513. The SMILES string of the molecule is CCC(c1cccc2c1C(=O)NNC2)C(C)C(=O)O. The first-order valence-corrected chi connectivity index (χ1v) is 6.44. The molecule has 0 bridgehead atoms. The van der Waals surface area contributed by atoms with E-state index in [2.05, 4.69) is 10.9 Å². The Hall–Kier alpha value is -1.88. The predicted molar refractivity (Wildman–Crippen MR) is 70.6 cm³/mol. The maximum absolute atomic E-state index is 12.0. The number of hydrazine groups is 1. The van der Waals surface area contributed by atoms with Crippen molar-refractivity contribution < 1.29 is 14.7 Å². The highest BCUT2D eigenvalue weighted by atomic mass is 16.4. The fraction of sp³-hybridized carbons (Fsp3) is 0.429. The van der Waals surface area contributed by atoms with Crippen LogP contribution in [0.5, 0.6) is 0 Å². The van der Waals surface area contributed by atoms with Crippen molar-refractivity contribution in [3.05, 3.63) is 34.9 Å². The second-order valence-electron chi connectivity index (χ2n) is 4.83. The van der Waals surface area contributed by atoms with Crippen molar-refractivity contribution in [3.63, 3.8) is 0 Å². The fourth-order valence-corrected chi connectivity index (χ4v) is 2.65. The molecule has 1 aliphatic heterocycles. The van der Waals surface area contributed by atoms with E-state index in [-0.39, 0.29) is 11.8 Å². The number of hydrogen-bond acceptors (Lipinski definition) is 3. The summed E-state index contributed by atoms with van der Waals surface area (Å²) >= 11 is 0. The molecule has 19 heavy (non-hydrogen) atoms. The summed E-state index contributed by atoms with van der Waals surface area (Å²) in [6, 6.07) is 5.63. The Morgan fingerprint density at radius 3 is 2.84 bits per heavy atom. The van der Waals surface area contributed by atoms with Gasteiger partial charge in [0.15, 0.2) is 0 Å². The number of carboxylic acid groups (broad SMARTS) is 1. The third kappa shape index (κ3) is 2.46. The molecule has 2 rings (SSSR count). The number of rotatable bonds is 4. The van der Waals surface area contributed by atoms with E-state index in [0.29, 0.717) is 18.5 Å². The smallest absolute Gasteiger partial charge is 0.306 e. The predicted octanol–water partition coefficient (Wildman–Crippen LogP) is 1.65. The number of carbonyl (C=O) groups is 2. The summed E-state index contributed by atoms with van der Waals surface area (Å²) in [4.78, 5) is 23.2. The van der Waals surface area contributed by atoms with Crippen molar-refractivity contribution in [3.8, 4) is 0 Å². The number of carbonyl (C=O) groups excluding carboxylic acids is 1. The Morgan fingerprint density at radius 2 is 2.21 bits per heavy atom. The van der Waals surface area contributed by atoms with Crippen LogP contribution in [0.1, 0.15) is 47.7 Å². The number of fused-ring (bicyclic) bond motifs is 1. The molecule has 2 unspecified atom stereocenters. The lowest BCUT2D eigenvalue weighted by Gasteiger charge is -2.26. The van der Waals surface area contributed by atoms with Gasteiger partial charge in [-0.2, -0.15) is 0 Å². The second kappa shape index (κ2) is 5.40. The minimum atomic E-state index is -0.834. The molecule has 5 heteroatoms. The number of carboxylic acids is 1. The summed E-state index contributed by atoms with van der Waals surface area (Å²) in [5.74, 6) is -1.69. The zero-order chi connectivity index (χ0) is 14.0. The van der Waals surface area contributed by atoms with E-state index in [9.17, 15) is 14.7 Å². The fourth-order valence-electron chi connectivity index (χ4n) is 2.65. The molecular formula is C14H18N2O3. The summed E-state index contributed by atoms with van der Waals surface area (Å²) < 4.78 is 0. The van der Waals surface area contributed by atoms with Crippen molar-refractivity contribution >= 4 is 11.9 Å². The first-order valence-electron chi connectivity index (χ1n) is 6.44. The third-order valence-corrected chi connectivity index (χ3v) is 3.72. The van der Waals surface area contributed by atoms with E-state index >= 15 is 0 Å². The zero-order valence-corrected chi connectivity index (χ0v) is 11.1. The van der Waals surface area contributed by atoms with E-state index in [1.807, 2.05) is 25.1 Å². The lowest BCUT2D eigenvalue weighted by atomic mass is 9.81. The molecule has 1 amide bonds. The molecule has 0 aliphatic carbocycles. The van der Waals surface area contributed by atoms with Gasteiger partial charge >= 0.3 is 5.97 Å². The molecule has 102 valence electrons. The Morgan fingerprint density at radius 1 is 1.47 bits per heavy atom.